The molecule has 0 radical (unpaired) electrons. The Morgan fingerprint density at radius 3 is 2.55 bits per heavy atom. The molecule has 0 atom stereocenters. The molecule has 0 bridgehead atoms. The molecule has 0 unspecified atom stereocenters. The van der Waals surface area contributed by atoms with E-state index in [9.17, 15) is 4.79 Å². The predicted octanol–water partition coefficient (Wildman–Crippen LogP) is 3.52. The van der Waals surface area contributed by atoms with Gasteiger partial charge in [-0.1, -0.05) is 41.6 Å². The molecule has 0 aliphatic heterocycles. The van der Waals surface area contributed by atoms with Crippen molar-refractivity contribution in [2.45, 2.75) is 25.5 Å². The first-order chi connectivity index (χ1) is 14.1. The molecule has 2 aromatic carbocycles. The first-order valence-electron chi connectivity index (χ1n) is 9.19. The quantitative estimate of drug-likeness (QED) is 0.350. The molecule has 1 aromatic heterocycles. The Bertz CT molecular complexity index is 981. The molecule has 0 aliphatic carbocycles. The van der Waals surface area contributed by atoms with Crippen LogP contribution < -0.4 is 10.2 Å². The van der Waals surface area contributed by atoms with Gasteiger partial charge in [0.25, 0.3) is 5.91 Å². The Balaban J connectivity index is 1.57. The molecule has 1 amide bonds. The van der Waals surface area contributed by atoms with E-state index in [0.29, 0.717) is 5.16 Å². The van der Waals surface area contributed by atoms with Crippen molar-refractivity contribution in [1.29, 1.82) is 0 Å². The first-order valence-corrected chi connectivity index (χ1v) is 10.2. The van der Waals surface area contributed by atoms with Gasteiger partial charge in [-0.05, 0) is 43.7 Å². The van der Waals surface area contributed by atoms with Gasteiger partial charge in [0.15, 0.2) is 11.0 Å². The summed E-state index contributed by atoms with van der Waals surface area (Å²) in [6.45, 7) is 4.80. The number of ether oxygens (including phenoxy) is 1. The minimum atomic E-state index is -0.206. The number of nitrogens with one attached hydrogen (secondary N) is 1. The lowest BCUT2D eigenvalue weighted by molar-refractivity contribution is -0.118. The van der Waals surface area contributed by atoms with Gasteiger partial charge in [-0.15, -0.1) is 10.2 Å². The number of hydrogen-bond acceptors (Lipinski definition) is 6. The highest BCUT2D eigenvalue weighted by molar-refractivity contribution is 7.99. The summed E-state index contributed by atoms with van der Waals surface area (Å²) in [5.74, 6) is 1.56. The van der Waals surface area contributed by atoms with E-state index in [4.69, 9.17) is 4.74 Å². The van der Waals surface area contributed by atoms with Crippen molar-refractivity contribution in [3.8, 4) is 17.1 Å². The fraction of sp³-hybridized carbons (Fsp3) is 0.238. The topological polar surface area (TPSA) is 81.4 Å². The van der Waals surface area contributed by atoms with E-state index in [-0.39, 0.29) is 11.7 Å². The standard InChI is InChI=1S/C21H23N5O2S/c1-4-26-20(17-9-5-15(2)6-10-17)24-25-21(26)29-14-19(27)23-22-13-16-7-11-18(28-3)12-8-16/h5-13H,4,14H2,1-3H3,(H,23,27)/b22-13+. The van der Waals surface area contributed by atoms with Crippen LogP contribution >= 0.6 is 11.8 Å². The molecule has 1 heterocycles. The minimum absolute atomic E-state index is 0.200. The normalized spacial score (nSPS) is 11.0. The number of carbonyl (C=O) groups is 1. The second kappa shape index (κ2) is 9.88. The summed E-state index contributed by atoms with van der Waals surface area (Å²) in [5, 5.41) is 13.2. The molecule has 0 fully saturated rings. The summed E-state index contributed by atoms with van der Waals surface area (Å²) in [6, 6.07) is 15.5. The predicted molar refractivity (Wildman–Crippen MR) is 115 cm³/mol. The van der Waals surface area contributed by atoms with E-state index in [0.717, 1.165) is 29.2 Å². The average Bonchev–Trinajstić information content (AvgIpc) is 3.16. The smallest absolute Gasteiger partial charge is 0.250 e. The SMILES string of the molecule is CCn1c(SCC(=O)N/N=C/c2ccc(OC)cc2)nnc1-c1ccc(C)cc1. The number of rotatable bonds is 8. The van der Waals surface area contributed by atoms with E-state index in [1.54, 1.807) is 13.3 Å². The molecule has 8 heteroatoms. The highest BCUT2D eigenvalue weighted by Gasteiger charge is 2.14. The number of carbonyl (C=O) groups excluding carboxylic acids is 1. The molecule has 3 rings (SSSR count). The molecule has 3 aromatic rings. The fourth-order valence-electron chi connectivity index (χ4n) is 2.63. The molecule has 29 heavy (non-hydrogen) atoms. The number of methoxy groups -OCH3 is 1. The number of aromatic nitrogens is 3. The Hall–Kier alpha value is -3.13. The van der Waals surface area contributed by atoms with Crippen LogP contribution in [0.3, 0.4) is 0 Å². The van der Waals surface area contributed by atoms with Crippen molar-refractivity contribution in [3.05, 3.63) is 59.7 Å². The maximum absolute atomic E-state index is 12.1. The lowest BCUT2D eigenvalue weighted by Gasteiger charge is -2.07. The molecular formula is C21H23N5O2S. The fourth-order valence-corrected chi connectivity index (χ4v) is 3.42. The van der Waals surface area contributed by atoms with Gasteiger partial charge in [0, 0.05) is 12.1 Å². The summed E-state index contributed by atoms with van der Waals surface area (Å²) in [7, 11) is 1.62. The Kier molecular flexibility index (Phi) is 7.02. The van der Waals surface area contributed by atoms with Crippen LogP contribution in [0.1, 0.15) is 18.1 Å². The molecule has 0 saturated carbocycles. The maximum atomic E-state index is 12.1. The Labute approximate surface area is 174 Å². The molecule has 0 saturated heterocycles. The van der Waals surface area contributed by atoms with E-state index in [1.807, 2.05) is 66.9 Å². The van der Waals surface area contributed by atoms with Gasteiger partial charge in [0.1, 0.15) is 5.75 Å². The van der Waals surface area contributed by atoms with Crippen molar-refractivity contribution in [3.63, 3.8) is 0 Å². The third kappa shape index (κ3) is 5.45. The van der Waals surface area contributed by atoms with Gasteiger partial charge in [-0.25, -0.2) is 5.43 Å². The van der Waals surface area contributed by atoms with Crippen LogP contribution in [0, 0.1) is 6.92 Å². The lowest BCUT2D eigenvalue weighted by atomic mass is 10.1. The summed E-state index contributed by atoms with van der Waals surface area (Å²) in [6.07, 6.45) is 1.59. The highest BCUT2D eigenvalue weighted by Crippen LogP contribution is 2.24. The van der Waals surface area contributed by atoms with Crippen LogP contribution in [0.4, 0.5) is 0 Å². The third-order valence-corrected chi connectivity index (χ3v) is 5.16. The zero-order chi connectivity index (χ0) is 20.6. The second-order valence-corrected chi connectivity index (χ2v) is 7.21. The molecule has 7 nitrogen and oxygen atoms in total. The third-order valence-electron chi connectivity index (χ3n) is 4.19. The van der Waals surface area contributed by atoms with E-state index < -0.39 is 0 Å². The van der Waals surface area contributed by atoms with Crippen LogP contribution in [0.2, 0.25) is 0 Å². The number of nitrogens with zero attached hydrogens (tertiary/aromatic N) is 4. The van der Waals surface area contributed by atoms with Gasteiger partial charge in [0.2, 0.25) is 0 Å². The van der Waals surface area contributed by atoms with E-state index in [1.165, 1.54) is 17.3 Å². The van der Waals surface area contributed by atoms with Crippen molar-refractivity contribution in [2.75, 3.05) is 12.9 Å². The minimum Gasteiger partial charge on any atom is -0.497 e. The van der Waals surface area contributed by atoms with Gasteiger partial charge >= 0.3 is 0 Å². The summed E-state index contributed by atoms with van der Waals surface area (Å²) < 4.78 is 7.11. The van der Waals surface area contributed by atoms with Crippen LogP contribution in [-0.4, -0.2) is 39.7 Å². The van der Waals surface area contributed by atoms with Crippen LogP contribution in [0.15, 0.2) is 58.8 Å². The van der Waals surface area contributed by atoms with E-state index in [2.05, 4.69) is 20.7 Å². The summed E-state index contributed by atoms with van der Waals surface area (Å²) in [5.41, 5.74) is 5.60. The number of hydrogen-bond donors (Lipinski definition) is 1. The van der Waals surface area contributed by atoms with Gasteiger partial charge < -0.3 is 9.30 Å². The van der Waals surface area contributed by atoms with Gasteiger partial charge in [0.05, 0.1) is 19.1 Å². The van der Waals surface area contributed by atoms with Gasteiger partial charge in [-0.2, -0.15) is 5.10 Å². The van der Waals surface area contributed by atoms with Crippen LogP contribution in [0.5, 0.6) is 5.75 Å². The Morgan fingerprint density at radius 2 is 1.90 bits per heavy atom. The van der Waals surface area contributed by atoms with Crippen molar-refractivity contribution >= 4 is 23.9 Å². The van der Waals surface area contributed by atoms with E-state index >= 15 is 0 Å². The van der Waals surface area contributed by atoms with Gasteiger partial charge in [-0.3, -0.25) is 4.79 Å². The van der Waals surface area contributed by atoms with Crippen LogP contribution in [0.25, 0.3) is 11.4 Å². The molecule has 150 valence electrons. The van der Waals surface area contributed by atoms with Crippen molar-refractivity contribution in [2.24, 2.45) is 5.10 Å². The number of thioether (sulfide) groups is 1. The molecule has 0 aliphatic rings. The molecule has 0 spiro atoms. The maximum Gasteiger partial charge on any atom is 0.250 e. The number of hydrazone groups is 1. The number of benzene rings is 2. The summed E-state index contributed by atoms with van der Waals surface area (Å²) in [4.78, 5) is 12.1. The molecule has 1 N–H and O–H groups in total. The monoisotopic (exact) mass is 409 g/mol. The summed E-state index contributed by atoms with van der Waals surface area (Å²) >= 11 is 1.34. The van der Waals surface area contributed by atoms with Crippen molar-refractivity contribution < 1.29 is 9.53 Å². The second-order valence-electron chi connectivity index (χ2n) is 6.27. The first kappa shape index (κ1) is 20.6. The molecular weight excluding hydrogens is 386 g/mol. The number of amides is 1. The lowest BCUT2D eigenvalue weighted by Crippen LogP contribution is -2.20. The largest absolute Gasteiger partial charge is 0.497 e. The van der Waals surface area contributed by atoms with Crippen molar-refractivity contribution in [1.82, 2.24) is 20.2 Å². The zero-order valence-electron chi connectivity index (χ0n) is 16.6. The zero-order valence-corrected chi connectivity index (χ0v) is 17.4. The average molecular weight is 410 g/mol. The number of aryl methyl sites for hydroxylation is 1. The highest BCUT2D eigenvalue weighted by atomic mass is 32.2. The Morgan fingerprint density at radius 1 is 1.17 bits per heavy atom. The van der Waals surface area contributed by atoms with Crippen LogP contribution in [-0.2, 0) is 11.3 Å².